The lowest BCUT2D eigenvalue weighted by molar-refractivity contribution is 0.0230. The molecule has 0 atom stereocenters. The van der Waals surface area contributed by atoms with Crippen molar-refractivity contribution in [3.05, 3.63) is 46.3 Å². The maximum atomic E-state index is 12.8. The molecule has 3 aliphatic heterocycles. The number of nitriles is 1. The molecule has 11 nitrogen and oxygen atoms in total. The normalized spacial score (nSPS) is 17.4. The Kier molecular flexibility index (Phi) is 8.87. The number of hydrogen-bond acceptors (Lipinski definition) is 10. The highest BCUT2D eigenvalue weighted by atomic mass is 32.1. The number of hydrogen-bond donors (Lipinski definition) is 0. The van der Waals surface area contributed by atoms with Gasteiger partial charge in [0.2, 0.25) is 0 Å². The van der Waals surface area contributed by atoms with E-state index >= 15 is 0 Å². The molecule has 2 saturated heterocycles. The Balaban J connectivity index is 1.31. The van der Waals surface area contributed by atoms with Crippen LogP contribution in [-0.2, 0) is 22.4 Å². The van der Waals surface area contributed by atoms with Gasteiger partial charge in [-0.3, -0.25) is 0 Å². The second-order valence-corrected chi connectivity index (χ2v) is 15.3. The highest BCUT2D eigenvalue weighted by Crippen LogP contribution is 2.39. The molecule has 3 aliphatic rings. The summed E-state index contributed by atoms with van der Waals surface area (Å²) in [6.45, 7) is 17.0. The van der Waals surface area contributed by atoms with Gasteiger partial charge in [0.25, 0.3) is 0 Å². The SMILES string of the molecule is CC(C)(C)OC(=O)N1CCN(c2nc(N3CCN(C(=O)OC(C)(C)C)CC3)c3c(c2C#N)CN(c2cccc4sccc24)CC3)CC1. The highest BCUT2D eigenvalue weighted by Gasteiger charge is 2.34. The zero-order valence-electron chi connectivity index (χ0n) is 28.3. The number of thiophene rings is 1. The van der Waals surface area contributed by atoms with Crippen molar-refractivity contribution in [3.63, 3.8) is 0 Å². The Morgan fingerprint density at radius 3 is 1.89 bits per heavy atom. The van der Waals surface area contributed by atoms with Gasteiger partial charge in [-0.1, -0.05) is 6.07 Å². The third kappa shape index (κ3) is 7.05. The van der Waals surface area contributed by atoms with E-state index < -0.39 is 11.2 Å². The van der Waals surface area contributed by atoms with Crippen LogP contribution in [0.4, 0.5) is 26.9 Å². The number of fused-ring (bicyclic) bond motifs is 2. The number of amides is 2. The van der Waals surface area contributed by atoms with Crippen molar-refractivity contribution in [2.75, 3.05) is 73.6 Å². The van der Waals surface area contributed by atoms with Crippen LogP contribution in [0.1, 0.15) is 58.2 Å². The zero-order chi connectivity index (χ0) is 33.5. The molecule has 1 aromatic carbocycles. The standard InChI is InChI=1S/C35H45N7O4S/c1-34(2,3)45-32(43)40-17-13-38(14-18-40)30-24-10-12-42(28-8-7-9-29-25(28)11-21-47-29)23-27(24)26(22-36)31(37-30)39-15-19-41(20-16-39)33(44)46-35(4,5)6/h7-9,11,21H,10,12-20,23H2,1-6H3. The fraction of sp³-hybridized carbons (Fsp3) is 0.543. The molecule has 0 bridgehead atoms. The lowest BCUT2D eigenvalue weighted by atomic mass is 9.94. The number of carbonyl (C=O) groups excluding carboxylic acids is 2. The molecule has 250 valence electrons. The number of pyridine rings is 1. The lowest BCUT2D eigenvalue weighted by Gasteiger charge is -2.41. The van der Waals surface area contributed by atoms with Crippen molar-refractivity contribution in [1.29, 1.82) is 5.26 Å². The number of ether oxygens (including phenoxy) is 2. The molecule has 0 N–H and O–H groups in total. The minimum Gasteiger partial charge on any atom is -0.444 e. The van der Waals surface area contributed by atoms with Crippen molar-refractivity contribution >= 4 is 50.9 Å². The molecular weight excluding hydrogens is 614 g/mol. The van der Waals surface area contributed by atoms with Crippen LogP contribution < -0.4 is 14.7 Å². The Labute approximate surface area is 281 Å². The smallest absolute Gasteiger partial charge is 0.410 e. The maximum Gasteiger partial charge on any atom is 0.410 e. The monoisotopic (exact) mass is 659 g/mol. The number of benzene rings is 1. The first kappa shape index (κ1) is 32.7. The molecule has 12 heteroatoms. The molecule has 0 unspecified atom stereocenters. The van der Waals surface area contributed by atoms with Crippen molar-refractivity contribution in [1.82, 2.24) is 14.8 Å². The van der Waals surface area contributed by atoms with E-state index in [2.05, 4.69) is 50.4 Å². The van der Waals surface area contributed by atoms with E-state index in [1.54, 1.807) is 21.1 Å². The van der Waals surface area contributed by atoms with Crippen LogP contribution in [0.3, 0.4) is 0 Å². The predicted octanol–water partition coefficient (Wildman–Crippen LogP) is 5.84. The van der Waals surface area contributed by atoms with Crippen LogP contribution in [0.15, 0.2) is 29.6 Å². The Morgan fingerprint density at radius 2 is 1.34 bits per heavy atom. The average molecular weight is 660 g/mol. The van der Waals surface area contributed by atoms with Gasteiger partial charge >= 0.3 is 12.2 Å². The minimum absolute atomic E-state index is 0.297. The summed E-state index contributed by atoms with van der Waals surface area (Å²) >= 11 is 1.73. The van der Waals surface area contributed by atoms with Gasteiger partial charge in [-0.2, -0.15) is 5.26 Å². The summed E-state index contributed by atoms with van der Waals surface area (Å²) in [5, 5.41) is 14.0. The second kappa shape index (κ2) is 12.8. The van der Waals surface area contributed by atoms with Crippen LogP contribution in [0, 0.1) is 11.3 Å². The number of rotatable bonds is 3. The van der Waals surface area contributed by atoms with Gasteiger partial charge < -0.3 is 34.0 Å². The first-order valence-electron chi connectivity index (χ1n) is 16.4. The zero-order valence-corrected chi connectivity index (χ0v) is 29.2. The fourth-order valence-corrected chi connectivity index (χ4v) is 7.33. The first-order chi connectivity index (χ1) is 22.3. The number of piperazine rings is 2. The van der Waals surface area contributed by atoms with Crippen LogP contribution >= 0.6 is 11.3 Å². The van der Waals surface area contributed by atoms with E-state index in [0.29, 0.717) is 70.3 Å². The Bertz CT molecular complexity index is 1690. The second-order valence-electron chi connectivity index (χ2n) is 14.4. The Hall–Kier alpha value is -4.24. The molecule has 0 saturated carbocycles. The van der Waals surface area contributed by atoms with Gasteiger partial charge in [-0.05, 0) is 77.1 Å². The maximum absolute atomic E-state index is 12.8. The van der Waals surface area contributed by atoms with Crippen LogP contribution in [0.5, 0.6) is 0 Å². The molecule has 2 amide bonds. The minimum atomic E-state index is -0.566. The molecular formula is C35H45N7O4S. The molecule has 0 spiro atoms. The quantitative estimate of drug-likeness (QED) is 0.343. The van der Waals surface area contributed by atoms with Gasteiger partial charge in [0.05, 0.1) is 5.56 Å². The number of nitrogens with zero attached hydrogens (tertiary/aromatic N) is 7. The van der Waals surface area contributed by atoms with Crippen LogP contribution in [-0.4, -0.2) is 97.1 Å². The third-order valence-corrected chi connectivity index (χ3v) is 9.62. The van der Waals surface area contributed by atoms with Gasteiger partial charge in [0, 0.05) is 86.8 Å². The van der Waals surface area contributed by atoms with Crippen molar-refractivity contribution in [2.24, 2.45) is 0 Å². The molecule has 2 fully saturated rings. The number of carbonyl (C=O) groups is 2. The Morgan fingerprint density at radius 1 is 0.766 bits per heavy atom. The van der Waals surface area contributed by atoms with E-state index in [4.69, 9.17) is 14.5 Å². The summed E-state index contributed by atoms with van der Waals surface area (Å²) in [5.41, 5.74) is 2.78. The predicted molar refractivity (Wildman–Crippen MR) is 186 cm³/mol. The van der Waals surface area contributed by atoms with E-state index in [1.807, 2.05) is 41.5 Å². The molecule has 47 heavy (non-hydrogen) atoms. The van der Waals surface area contributed by atoms with Crippen LogP contribution in [0.2, 0.25) is 0 Å². The van der Waals surface area contributed by atoms with E-state index in [0.717, 1.165) is 29.9 Å². The fourth-order valence-electron chi connectivity index (χ4n) is 6.52. The van der Waals surface area contributed by atoms with Crippen molar-refractivity contribution in [3.8, 4) is 6.07 Å². The van der Waals surface area contributed by atoms with Crippen LogP contribution in [0.25, 0.3) is 10.1 Å². The highest BCUT2D eigenvalue weighted by molar-refractivity contribution is 7.17. The largest absolute Gasteiger partial charge is 0.444 e. The van der Waals surface area contributed by atoms with Crippen molar-refractivity contribution < 1.29 is 19.1 Å². The topological polar surface area (TPSA) is 105 Å². The van der Waals surface area contributed by atoms with E-state index in [9.17, 15) is 14.9 Å². The molecule has 3 aromatic rings. The molecule has 0 radical (unpaired) electrons. The van der Waals surface area contributed by atoms with Gasteiger partial charge in [-0.15, -0.1) is 11.3 Å². The summed E-state index contributed by atoms with van der Waals surface area (Å²) in [7, 11) is 0. The lowest BCUT2D eigenvalue weighted by Crippen LogP contribution is -2.51. The first-order valence-corrected chi connectivity index (χ1v) is 17.3. The average Bonchev–Trinajstić information content (AvgIpc) is 3.52. The number of aromatic nitrogens is 1. The van der Waals surface area contributed by atoms with E-state index in [1.165, 1.54) is 15.8 Å². The summed E-state index contributed by atoms with van der Waals surface area (Å²) in [4.78, 5) is 41.1. The summed E-state index contributed by atoms with van der Waals surface area (Å²) in [5.74, 6) is 1.55. The van der Waals surface area contributed by atoms with E-state index in [-0.39, 0.29) is 12.2 Å². The number of anilines is 3. The van der Waals surface area contributed by atoms with Gasteiger partial charge in [0.15, 0.2) is 0 Å². The molecule has 0 aliphatic carbocycles. The summed E-state index contributed by atoms with van der Waals surface area (Å²) < 4.78 is 12.5. The third-order valence-electron chi connectivity index (χ3n) is 8.74. The van der Waals surface area contributed by atoms with Gasteiger partial charge in [0.1, 0.15) is 28.9 Å². The van der Waals surface area contributed by atoms with Crippen molar-refractivity contribution in [2.45, 2.75) is 65.7 Å². The molecule has 2 aromatic heterocycles. The summed E-state index contributed by atoms with van der Waals surface area (Å²) in [6, 6.07) is 11.1. The molecule has 5 heterocycles. The summed E-state index contributed by atoms with van der Waals surface area (Å²) in [6.07, 6.45) is 0.137. The molecule has 6 rings (SSSR count). The van der Waals surface area contributed by atoms with Gasteiger partial charge in [-0.25, -0.2) is 14.6 Å².